The van der Waals surface area contributed by atoms with Crippen LogP contribution in [-0.4, -0.2) is 50.4 Å². The van der Waals surface area contributed by atoms with Gasteiger partial charge in [-0.2, -0.15) is 11.8 Å². The maximum Gasteiger partial charge on any atom is 0.329 e. The topological polar surface area (TPSA) is 145 Å². The number of benzene rings is 2. The summed E-state index contributed by atoms with van der Waals surface area (Å²) in [6.45, 7) is 1.40. The molecule has 0 aliphatic heterocycles. The van der Waals surface area contributed by atoms with Gasteiger partial charge in [0.05, 0.1) is 4.90 Å². The van der Waals surface area contributed by atoms with Gasteiger partial charge >= 0.3 is 5.97 Å². The van der Waals surface area contributed by atoms with E-state index in [-0.39, 0.29) is 4.90 Å². The summed E-state index contributed by atoms with van der Waals surface area (Å²) in [5, 5.41) is 10.2. The van der Waals surface area contributed by atoms with Crippen molar-refractivity contribution in [2.24, 2.45) is 5.14 Å². The molecule has 0 saturated heterocycles. The van der Waals surface area contributed by atoms with Crippen LogP contribution in [0.2, 0.25) is 0 Å². The first kappa shape index (κ1) is 25.4. The van der Waals surface area contributed by atoms with Crippen LogP contribution in [0.15, 0.2) is 59.5 Å². The molecule has 2 aromatic carbocycles. The Bertz CT molecular complexity index is 1040. The Balaban J connectivity index is 1.99. The highest BCUT2D eigenvalue weighted by Crippen LogP contribution is 2.14. The summed E-state index contributed by atoms with van der Waals surface area (Å²) in [7, 11) is -3.85. The number of hydrogen-bond acceptors (Lipinski definition) is 7. The van der Waals surface area contributed by atoms with Crippen molar-refractivity contribution in [3.8, 4) is 0 Å². The van der Waals surface area contributed by atoms with E-state index in [2.05, 4.69) is 10.6 Å². The first-order chi connectivity index (χ1) is 15.1. The molecule has 0 fully saturated rings. The molecule has 0 aliphatic rings. The van der Waals surface area contributed by atoms with Crippen LogP contribution in [0.4, 0.5) is 5.69 Å². The Morgan fingerprint density at radius 1 is 1.06 bits per heavy atom. The van der Waals surface area contributed by atoms with E-state index in [1.807, 2.05) is 6.26 Å². The summed E-state index contributed by atoms with van der Waals surface area (Å²) in [6, 6.07) is 12.8. The Hall–Kier alpha value is -2.89. The minimum atomic E-state index is -3.85. The quantitative estimate of drug-likeness (QED) is 0.440. The summed E-state index contributed by atoms with van der Waals surface area (Å²) in [5.41, 5.74) is 0.713. The molecule has 0 bridgehead atoms. The minimum absolute atomic E-state index is 0.0965. The number of hydrogen-bond donors (Lipinski definition) is 3. The second-order valence-electron chi connectivity index (χ2n) is 6.81. The minimum Gasteiger partial charge on any atom is -0.451 e. The van der Waals surface area contributed by atoms with Crippen molar-refractivity contribution in [3.63, 3.8) is 0 Å². The molecular formula is C21H25N3O6S2. The summed E-state index contributed by atoms with van der Waals surface area (Å²) < 4.78 is 27.9. The van der Waals surface area contributed by atoms with E-state index >= 15 is 0 Å². The van der Waals surface area contributed by atoms with Gasteiger partial charge in [0.25, 0.3) is 11.8 Å². The molecule has 32 heavy (non-hydrogen) atoms. The van der Waals surface area contributed by atoms with Gasteiger partial charge in [-0.05, 0) is 61.8 Å². The van der Waals surface area contributed by atoms with E-state index in [1.165, 1.54) is 43.0 Å². The average molecular weight is 480 g/mol. The van der Waals surface area contributed by atoms with Crippen LogP contribution in [0.5, 0.6) is 0 Å². The molecule has 11 heteroatoms. The summed E-state index contributed by atoms with van der Waals surface area (Å²) >= 11 is 1.51. The predicted molar refractivity (Wildman–Crippen MR) is 123 cm³/mol. The normalized spacial score (nSPS) is 13.0. The van der Waals surface area contributed by atoms with Gasteiger partial charge in [0.1, 0.15) is 6.04 Å². The van der Waals surface area contributed by atoms with Crippen molar-refractivity contribution < 1.29 is 27.5 Å². The molecule has 0 unspecified atom stereocenters. The monoisotopic (exact) mass is 479 g/mol. The standard InChI is InChI=1S/C21H25N3O6S2/c1-14(19(25)23-16-8-10-17(11-9-16)32(22,28)29)30-21(27)18(12-13-31-2)24-20(26)15-6-4-3-5-7-15/h3-11,14,18H,12-13H2,1-2H3,(H,23,25)(H,24,26)(H2,22,28,29)/t14-,18-/m1/s1. The molecule has 0 radical (unpaired) electrons. The van der Waals surface area contributed by atoms with E-state index in [4.69, 9.17) is 9.88 Å². The lowest BCUT2D eigenvalue weighted by atomic mass is 10.1. The van der Waals surface area contributed by atoms with E-state index < -0.39 is 40.0 Å². The molecule has 172 valence electrons. The van der Waals surface area contributed by atoms with Gasteiger partial charge in [0.15, 0.2) is 6.10 Å². The van der Waals surface area contributed by atoms with Gasteiger partial charge in [0, 0.05) is 11.3 Å². The molecule has 0 aliphatic carbocycles. The summed E-state index contributed by atoms with van der Waals surface area (Å²) in [4.78, 5) is 37.3. The third kappa shape index (κ3) is 7.66. The third-order valence-electron chi connectivity index (χ3n) is 4.35. The number of nitrogens with one attached hydrogen (secondary N) is 2. The number of carbonyl (C=O) groups is 3. The van der Waals surface area contributed by atoms with E-state index in [9.17, 15) is 22.8 Å². The molecule has 4 N–H and O–H groups in total. The van der Waals surface area contributed by atoms with Crippen molar-refractivity contribution in [3.05, 3.63) is 60.2 Å². The zero-order chi connectivity index (χ0) is 23.7. The highest BCUT2D eigenvalue weighted by Gasteiger charge is 2.26. The molecule has 0 aromatic heterocycles. The zero-order valence-electron chi connectivity index (χ0n) is 17.6. The van der Waals surface area contributed by atoms with Crippen molar-refractivity contribution in [1.82, 2.24) is 5.32 Å². The third-order valence-corrected chi connectivity index (χ3v) is 5.92. The van der Waals surface area contributed by atoms with Crippen LogP contribution in [0.1, 0.15) is 23.7 Å². The van der Waals surface area contributed by atoms with E-state index in [0.29, 0.717) is 23.4 Å². The number of amides is 2. The maximum absolute atomic E-state index is 12.6. The van der Waals surface area contributed by atoms with Crippen LogP contribution in [-0.2, 0) is 24.3 Å². The lowest BCUT2D eigenvalue weighted by molar-refractivity contribution is -0.155. The van der Waals surface area contributed by atoms with Gasteiger partial charge in [-0.15, -0.1) is 0 Å². The number of ether oxygens (including phenoxy) is 1. The number of thioether (sulfide) groups is 1. The van der Waals surface area contributed by atoms with Crippen molar-refractivity contribution in [1.29, 1.82) is 0 Å². The zero-order valence-corrected chi connectivity index (χ0v) is 19.2. The van der Waals surface area contributed by atoms with Crippen LogP contribution >= 0.6 is 11.8 Å². The van der Waals surface area contributed by atoms with E-state index in [1.54, 1.807) is 30.3 Å². The van der Waals surface area contributed by atoms with Crippen LogP contribution in [0.25, 0.3) is 0 Å². The summed E-state index contributed by atoms with van der Waals surface area (Å²) in [6.07, 6.45) is 1.06. The Morgan fingerprint density at radius 3 is 2.25 bits per heavy atom. The van der Waals surface area contributed by atoms with Gasteiger partial charge in [-0.25, -0.2) is 18.4 Å². The smallest absolute Gasteiger partial charge is 0.329 e. The molecule has 2 aromatic rings. The SMILES string of the molecule is CSCC[C@@H](NC(=O)c1ccccc1)C(=O)O[C@H](C)C(=O)Nc1ccc(S(N)(=O)=O)cc1. The van der Waals surface area contributed by atoms with Gasteiger partial charge in [0.2, 0.25) is 10.0 Å². The predicted octanol–water partition coefficient (Wildman–Crippen LogP) is 1.76. The molecule has 2 amide bonds. The second kappa shape index (κ2) is 11.7. The number of sulfonamides is 1. The average Bonchev–Trinajstić information content (AvgIpc) is 2.76. The molecule has 0 saturated carbocycles. The number of esters is 1. The molecule has 9 nitrogen and oxygen atoms in total. The first-order valence-corrected chi connectivity index (χ1v) is 12.5. The van der Waals surface area contributed by atoms with Crippen LogP contribution < -0.4 is 15.8 Å². The molecule has 2 atom stereocenters. The fraction of sp³-hybridized carbons (Fsp3) is 0.286. The fourth-order valence-electron chi connectivity index (χ4n) is 2.60. The fourth-order valence-corrected chi connectivity index (χ4v) is 3.58. The summed E-state index contributed by atoms with van der Waals surface area (Å²) in [5.74, 6) is -1.15. The van der Waals surface area contributed by atoms with Gasteiger partial charge < -0.3 is 15.4 Å². The highest BCUT2D eigenvalue weighted by molar-refractivity contribution is 7.98. The number of anilines is 1. The van der Waals surface area contributed by atoms with E-state index in [0.717, 1.165) is 0 Å². The Morgan fingerprint density at radius 2 is 1.69 bits per heavy atom. The van der Waals surface area contributed by atoms with Crippen LogP contribution in [0.3, 0.4) is 0 Å². The highest BCUT2D eigenvalue weighted by atomic mass is 32.2. The number of carbonyl (C=O) groups excluding carboxylic acids is 3. The van der Waals surface area contributed by atoms with Gasteiger partial charge in [-0.3, -0.25) is 9.59 Å². The molecule has 0 heterocycles. The maximum atomic E-state index is 12.6. The Kier molecular flexibility index (Phi) is 9.24. The molecule has 2 rings (SSSR count). The lowest BCUT2D eigenvalue weighted by Gasteiger charge is -2.20. The number of primary sulfonamides is 1. The first-order valence-electron chi connectivity index (χ1n) is 9.61. The Labute approximate surface area is 191 Å². The van der Waals surface area contributed by atoms with Crippen molar-refractivity contribution in [2.75, 3.05) is 17.3 Å². The van der Waals surface area contributed by atoms with Crippen molar-refractivity contribution >= 4 is 45.3 Å². The van der Waals surface area contributed by atoms with Gasteiger partial charge in [-0.1, -0.05) is 18.2 Å². The van der Waals surface area contributed by atoms with Crippen LogP contribution in [0, 0.1) is 0 Å². The molecular weight excluding hydrogens is 454 g/mol. The van der Waals surface area contributed by atoms with Crippen molar-refractivity contribution in [2.45, 2.75) is 30.4 Å². The molecule has 0 spiro atoms. The number of rotatable bonds is 10. The number of nitrogens with two attached hydrogens (primary N) is 1. The largest absolute Gasteiger partial charge is 0.451 e. The second-order valence-corrected chi connectivity index (χ2v) is 9.36. The lowest BCUT2D eigenvalue weighted by Crippen LogP contribution is -2.44.